The standard InChI is InChI=1S/C17H15N3O/c1-12-7-8-16(21)15(9-12)20-17-10-14(18-11-19-17)13-5-3-2-4-6-13/h2-11,21H,1H3,(H,18,19,20). The van der Waals surface area contributed by atoms with Crippen molar-refractivity contribution in [2.24, 2.45) is 0 Å². The summed E-state index contributed by atoms with van der Waals surface area (Å²) in [5.74, 6) is 0.838. The zero-order valence-electron chi connectivity index (χ0n) is 11.6. The number of benzene rings is 2. The van der Waals surface area contributed by atoms with Gasteiger partial charge in [-0.25, -0.2) is 9.97 Å². The van der Waals surface area contributed by atoms with Gasteiger partial charge in [-0.3, -0.25) is 0 Å². The third kappa shape index (κ3) is 3.00. The van der Waals surface area contributed by atoms with E-state index in [1.807, 2.05) is 55.5 Å². The molecule has 0 aliphatic heterocycles. The molecule has 0 atom stereocenters. The number of phenolic OH excluding ortho intramolecular Hbond substituents is 1. The number of aromatic nitrogens is 2. The second kappa shape index (κ2) is 5.63. The van der Waals surface area contributed by atoms with Crippen LogP contribution in [0.4, 0.5) is 11.5 Å². The SMILES string of the molecule is Cc1ccc(O)c(Nc2cc(-c3ccccc3)ncn2)c1. The van der Waals surface area contributed by atoms with Gasteiger partial charge in [0.15, 0.2) is 0 Å². The van der Waals surface area contributed by atoms with Crippen molar-refractivity contribution in [1.82, 2.24) is 9.97 Å². The molecular formula is C17H15N3O. The van der Waals surface area contributed by atoms with Crippen molar-refractivity contribution in [1.29, 1.82) is 0 Å². The summed E-state index contributed by atoms with van der Waals surface area (Å²) in [6.45, 7) is 1.97. The molecule has 2 aromatic carbocycles. The quantitative estimate of drug-likeness (QED) is 0.713. The molecule has 4 heteroatoms. The Labute approximate surface area is 123 Å². The Bertz CT molecular complexity index is 757. The minimum absolute atomic E-state index is 0.195. The number of nitrogens with one attached hydrogen (secondary N) is 1. The lowest BCUT2D eigenvalue weighted by Crippen LogP contribution is -1.96. The predicted octanol–water partition coefficient (Wildman–Crippen LogP) is 3.90. The molecule has 0 saturated heterocycles. The Balaban J connectivity index is 1.92. The van der Waals surface area contributed by atoms with Gasteiger partial charge in [0.25, 0.3) is 0 Å². The van der Waals surface area contributed by atoms with Crippen LogP contribution in [0.2, 0.25) is 0 Å². The van der Waals surface area contributed by atoms with Gasteiger partial charge in [0.1, 0.15) is 17.9 Å². The minimum atomic E-state index is 0.195. The molecule has 0 unspecified atom stereocenters. The van der Waals surface area contributed by atoms with E-state index in [-0.39, 0.29) is 5.75 Å². The summed E-state index contributed by atoms with van der Waals surface area (Å²) in [7, 11) is 0. The second-order valence-electron chi connectivity index (χ2n) is 4.80. The monoisotopic (exact) mass is 277 g/mol. The summed E-state index contributed by atoms with van der Waals surface area (Å²) in [5, 5.41) is 13.0. The number of nitrogens with zero attached hydrogens (tertiary/aromatic N) is 2. The molecule has 0 radical (unpaired) electrons. The van der Waals surface area contributed by atoms with Crippen LogP contribution < -0.4 is 5.32 Å². The largest absolute Gasteiger partial charge is 0.506 e. The zero-order chi connectivity index (χ0) is 14.7. The first-order chi connectivity index (χ1) is 10.2. The molecule has 1 aromatic heterocycles. The highest BCUT2D eigenvalue weighted by Crippen LogP contribution is 2.27. The third-order valence-corrected chi connectivity index (χ3v) is 3.15. The van der Waals surface area contributed by atoms with Crippen LogP contribution in [0.3, 0.4) is 0 Å². The molecule has 0 spiro atoms. The first-order valence-electron chi connectivity index (χ1n) is 6.66. The first kappa shape index (κ1) is 13.1. The van der Waals surface area contributed by atoms with Gasteiger partial charge in [0, 0.05) is 11.6 Å². The lowest BCUT2D eigenvalue weighted by Gasteiger charge is -2.09. The first-order valence-corrected chi connectivity index (χ1v) is 6.66. The van der Waals surface area contributed by atoms with Crippen LogP contribution in [-0.2, 0) is 0 Å². The van der Waals surface area contributed by atoms with Crippen molar-refractivity contribution in [3.63, 3.8) is 0 Å². The molecule has 104 valence electrons. The number of anilines is 2. The third-order valence-electron chi connectivity index (χ3n) is 3.15. The van der Waals surface area contributed by atoms with E-state index in [2.05, 4.69) is 15.3 Å². The van der Waals surface area contributed by atoms with Gasteiger partial charge >= 0.3 is 0 Å². The maximum atomic E-state index is 9.88. The molecule has 3 aromatic rings. The van der Waals surface area contributed by atoms with Crippen molar-refractivity contribution in [2.75, 3.05) is 5.32 Å². The highest BCUT2D eigenvalue weighted by Gasteiger charge is 2.05. The van der Waals surface area contributed by atoms with Gasteiger partial charge in [-0.2, -0.15) is 0 Å². The normalized spacial score (nSPS) is 10.3. The average Bonchev–Trinajstić information content (AvgIpc) is 2.52. The van der Waals surface area contributed by atoms with E-state index in [0.717, 1.165) is 16.8 Å². The van der Waals surface area contributed by atoms with E-state index in [9.17, 15) is 5.11 Å². The number of aromatic hydroxyl groups is 1. The fourth-order valence-electron chi connectivity index (χ4n) is 2.08. The molecule has 0 aliphatic rings. The van der Waals surface area contributed by atoms with E-state index in [1.165, 1.54) is 6.33 Å². The topological polar surface area (TPSA) is 58.0 Å². The summed E-state index contributed by atoms with van der Waals surface area (Å²) in [5.41, 5.74) is 3.55. The van der Waals surface area contributed by atoms with E-state index in [0.29, 0.717) is 11.5 Å². The fourth-order valence-corrected chi connectivity index (χ4v) is 2.08. The molecule has 2 N–H and O–H groups in total. The zero-order valence-corrected chi connectivity index (χ0v) is 11.6. The molecule has 0 amide bonds. The van der Waals surface area contributed by atoms with Crippen LogP contribution in [0.5, 0.6) is 5.75 Å². The summed E-state index contributed by atoms with van der Waals surface area (Å²) < 4.78 is 0. The van der Waals surface area contributed by atoms with Gasteiger partial charge < -0.3 is 10.4 Å². The molecule has 0 aliphatic carbocycles. The summed E-state index contributed by atoms with van der Waals surface area (Å²) in [4.78, 5) is 8.48. The number of phenols is 1. The maximum Gasteiger partial charge on any atom is 0.139 e. The minimum Gasteiger partial charge on any atom is -0.506 e. The summed E-state index contributed by atoms with van der Waals surface area (Å²) in [6, 6.07) is 17.2. The van der Waals surface area contributed by atoms with Crippen molar-refractivity contribution in [2.45, 2.75) is 6.92 Å². The van der Waals surface area contributed by atoms with Crippen LogP contribution in [0.15, 0.2) is 60.9 Å². The van der Waals surface area contributed by atoms with Gasteiger partial charge in [-0.05, 0) is 24.6 Å². The predicted molar refractivity (Wildman–Crippen MR) is 83.6 cm³/mol. The van der Waals surface area contributed by atoms with Crippen LogP contribution in [0.1, 0.15) is 5.56 Å². The molecule has 1 heterocycles. The van der Waals surface area contributed by atoms with E-state index >= 15 is 0 Å². The molecule has 4 nitrogen and oxygen atoms in total. The van der Waals surface area contributed by atoms with Gasteiger partial charge in [0.2, 0.25) is 0 Å². The van der Waals surface area contributed by atoms with Gasteiger partial charge in [-0.1, -0.05) is 36.4 Å². The number of hydrogen-bond donors (Lipinski definition) is 2. The van der Waals surface area contributed by atoms with Crippen LogP contribution in [0, 0.1) is 6.92 Å². The van der Waals surface area contributed by atoms with Gasteiger partial charge in [-0.15, -0.1) is 0 Å². The molecular weight excluding hydrogens is 262 g/mol. The lowest BCUT2D eigenvalue weighted by molar-refractivity contribution is 0.477. The smallest absolute Gasteiger partial charge is 0.139 e. The number of rotatable bonds is 3. The number of hydrogen-bond acceptors (Lipinski definition) is 4. The molecule has 21 heavy (non-hydrogen) atoms. The van der Waals surface area contributed by atoms with E-state index in [1.54, 1.807) is 6.07 Å². The molecule has 3 rings (SSSR count). The fraction of sp³-hybridized carbons (Fsp3) is 0.0588. The van der Waals surface area contributed by atoms with Gasteiger partial charge in [0.05, 0.1) is 11.4 Å². The van der Waals surface area contributed by atoms with Crippen molar-refractivity contribution in [3.8, 4) is 17.0 Å². The summed E-state index contributed by atoms with van der Waals surface area (Å²) >= 11 is 0. The average molecular weight is 277 g/mol. The Kier molecular flexibility index (Phi) is 3.51. The Morgan fingerprint density at radius 2 is 1.76 bits per heavy atom. The van der Waals surface area contributed by atoms with E-state index in [4.69, 9.17) is 0 Å². The van der Waals surface area contributed by atoms with Crippen LogP contribution >= 0.6 is 0 Å². The molecule has 0 bridgehead atoms. The van der Waals surface area contributed by atoms with E-state index < -0.39 is 0 Å². The Morgan fingerprint density at radius 1 is 0.952 bits per heavy atom. The lowest BCUT2D eigenvalue weighted by atomic mass is 10.1. The maximum absolute atomic E-state index is 9.88. The van der Waals surface area contributed by atoms with Crippen molar-refractivity contribution < 1.29 is 5.11 Å². The van der Waals surface area contributed by atoms with Crippen LogP contribution in [-0.4, -0.2) is 15.1 Å². The highest BCUT2D eigenvalue weighted by atomic mass is 16.3. The van der Waals surface area contributed by atoms with Crippen LogP contribution in [0.25, 0.3) is 11.3 Å². The summed E-state index contributed by atoms with van der Waals surface area (Å²) in [6.07, 6.45) is 1.51. The van der Waals surface area contributed by atoms with Crippen molar-refractivity contribution >= 4 is 11.5 Å². The second-order valence-corrected chi connectivity index (χ2v) is 4.80. The Hall–Kier alpha value is -2.88. The molecule has 0 fully saturated rings. The molecule has 0 saturated carbocycles. The highest BCUT2D eigenvalue weighted by molar-refractivity contribution is 5.68. The Morgan fingerprint density at radius 3 is 2.57 bits per heavy atom. The van der Waals surface area contributed by atoms with Crippen molar-refractivity contribution in [3.05, 3.63) is 66.5 Å². The number of aryl methyl sites for hydroxylation is 1.